The Morgan fingerprint density at radius 3 is 1.95 bits per heavy atom. The van der Waals surface area contributed by atoms with E-state index in [1.54, 1.807) is 0 Å². The molecule has 0 amide bonds. The molecule has 0 nitrogen and oxygen atoms in total. The van der Waals surface area contributed by atoms with Crippen LogP contribution in [0.3, 0.4) is 0 Å². The summed E-state index contributed by atoms with van der Waals surface area (Å²) in [7, 11) is 0. The summed E-state index contributed by atoms with van der Waals surface area (Å²) in [5.41, 5.74) is 4.33. The minimum atomic E-state index is 0.186. The van der Waals surface area contributed by atoms with Crippen LogP contribution in [0.25, 0.3) is 0 Å². The van der Waals surface area contributed by atoms with Gasteiger partial charge in [0.1, 0.15) is 0 Å². The predicted molar refractivity (Wildman–Crippen MR) is 98.5 cm³/mol. The molecule has 0 saturated heterocycles. The molecular weight excluding hydrogens is 252 g/mol. The second kappa shape index (κ2) is 9.07. The normalized spacial score (nSPS) is 17.1. The van der Waals surface area contributed by atoms with Gasteiger partial charge in [0.05, 0.1) is 0 Å². The summed E-state index contributed by atoms with van der Waals surface area (Å²) < 4.78 is 0. The van der Waals surface area contributed by atoms with E-state index >= 15 is 0 Å². The highest BCUT2D eigenvalue weighted by Gasteiger charge is 2.16. The Morgan fingerprint density at radius 1 is 1.05 bits per heavy atom. The maximum Gasteiger partial charge on any atom is -0.0132 e. The van der Waals surface area contributed by atoms with Crippen molar-refractivity contribution in [2.75, 3.05) is 0 Å². The van der Waals surface area contributed by atoms with Crippen LogP contribution in [-0.4, -0.2) is 0 Å². The molecule has 0 saturated carbocycles. The maximum absolute atomic E-state index is 4.07. The maximum atomic E-state index is 4.07. The minimum Gasteiger partial charge on any atom is -0.0999 e. The summed E-state index contributed by atoms with van der Waals surface area (Å²) >= 11 is 0. The van der Waals surface area contributed by atoms with E-state index in [0.717, 1.165) is 0 Å². The van der Waals surface area contributed by atoms with Gasteiger partial charge in [-0.1, -0.05) is 71.1 Å². The Balaban J connectivity index is 5.03. The number of hydrogen-bond donors (Lipinski definition) is 0. The summed E-state index contributed by atoms with van der Waals surface area (Å²) in [4.78, 5) is 0. The molecule has 2 unspecified atom stereocenters. The Labute approximate surface area is 133 Å². The fraction of sp³-hybridized carbons (Fsp3) is 0.619. The lowest BCUT2D eigenvalue weighted by molar-refractivity contribution is 0.500. The average Bonchev–Trinajstić information content (AvgIpc) is 2.38. The van der Waals surface area contributed by atoms with Gasteiger partial charge in [-0.15, -0.1) is 0 Å². The summed E-state index contributed by atoms with van der Waals surface area (Å²) in [6.07, 6.45) is 11.5. The molecule has 0 fully saturated rings. The molecule has 0 radical (unpaired) electrons. The largest absolute Gasteiger partial charge is 0.0999 e. The highest BCUT2D eigenvalue weighted by Crippen LogP contribution is 2.30. The van der Waals surface area contributed by atoms with Gasteiger partial charge in [-0.2, -0.15) is 0 Å². The first-order chi connectivity index (χ1) is 9.63. The third-order valence-corrected chi connectivity index (χ3v) is 4.31. The van der Waals surface area contributed by atoms with Gasteiger partial charge in [-0.3, -0.25) is 0 Å². The lowest BCUT2D eigenvalue weighted by Gasteiger charge is -2.23. The fourth-order valence-electron chi connectivity index (χ4n) is 2.30. The topological polar surface area (TPSA) is 0 Å². The molecule has 0 aliphatic rings. The van der Waals surface area contributed by atoms with E-state index in [2.05, 4.69) is 86.3 Å². The lowest BCUT2D eigenvalue weighted by atomic mass is 9.82. The molecule has 2 atom stereocenters. The summed E-state index contributed by atoms with van der Waals surface area (Å²) in [6.45, 7) is 21.9. The van der Waals surface area contributed by atoms with Crippen molar-refractivity contribution in [2.24, 2.45) is 17.3 Å². The van der Waals surface area contributed by atoms with E-state index < -0.39 is 0 Å². The number of allylic oxidation sites excluding steroid dienone is 7. The van der Waals surface area contributed by atoms with Gasteiger partial charge in [0.15, 0.2) is 0 Å². The number of rotatable bonds is 7. The van der Waals surface area contributed by atoms with Crippen LogP contribution in [0.5, 0.6) is 0 Å². The molecule has 0 rings (SSSR count). The third kappa shape index (κ3) is 7.50. The van der Waals surface area contributed by atoms with Gasteiger partial charge in [-0.05, 0) is 62.0 Å². The summed E-state index contributed by atoms with van der Waals surface area (Å²) in [5, 5.41) is 0. The van der Waals surface area contributed by atoms with E-state index in [1.165, 1.54) is 29.6 Å². The standard InChI is InChI=1S/C21H36/c1-10-12-20(21(7,8)9)15-19(11-2)18(6)14-13-17(5)16(3)4/h10-12,15,17-18H,3,13-14H2,1-2,4-9H3/b12-10-,19-11-,20-15+. The van der Waals surface area contributed by atoms with Crippen molar-refractivity contribution in [3.8, 4) is 0 Å². The second-order valence-corrected chi connectivity index (χ2v) is 7.36. The van der Waals surface area contributed by atoms with Crippen LogP contribution < -0.4 is 0 Å². The van der Waals surface area contributed by atoms with E-state index in [9.17, 15) is 0 Å². The molecule has 0 aromatic heterocycles. The molecule has 0 heteroatoms. The molecular formula is C21H36. The first-order valence-electron chi connectivity index (χ1n) is 8.29. The first kappa shape index (κ1) is 20.0. The SMILES string of the molecule is C=C(C)C(C)CCC(C)C(=C\C)/C=C(\C=C/C)C(C)(C)C. The Bertz CT molecular complexity index is 410. The first-order valence-corrected chi connectivity index (χ1v) is 8.29. The van der Waals surface area contributed by atoms with Crippen LogP contribution in [0.15, 0.2) is 47.6 Å². The molecule has 0 bridgehead atoms. The van der Waals surface area contributed by atoms with Crippen LogP contribution in [0.1, 0.15) is 68.2 Å². The number of hydrogen-bond acceptors (Lipinski definition) is 0. The van der Waals surface area contributed by atoms with Crippen LogP contribution in [0, 0.1) is 17.3 Å². The Hall–Kier alpha value is -1.04. The van der Waals surface area contributed by atoms with Crippen molar-refractivity contribution in [3.05, 3.63) is 47.6 Å². The van der Waals surface area contributed by atoms with Gasteiger partial charge >= 0.3 is 0 Å². The lowest BCUT2D eigenvalue weighted by Crippen LogP contribution is -2.09. The Morgan fingerprint density at radius 2 is 1.57 bits per heavy atom. The van der Waals surface area contributed by atoms with Crippen LogP contribution in [0.2, 0.25) is 0 Å². The molecule has 0 aromatic carbocycles. The summed E-state index contributed by atoms with van der Waals surface area (Å²) in [5.74, 6) is 1.21. The predicted octanol–water partition coefficient (Wildman–Crippen LogP) is 7.11. The fourth-order valence-corrected chi connectivity index (χ4v) is 2.30. The van der Waals surface area contributed by atoms with Crippen molar-refractivity contribution in [1.82, 2.24) is 0 Å². The molecule has 0 heterocycles. The third-order valence-electron chi connectivity index (χ3n) is 4.31. The van der Waals surface area contributed by atoms with Crippen molar-refractivity contribution in [2.45, 2.75) is 68.2 Å². The van der Waals surface area contributed by atoms with Gasteiger partial charge in [0, 0.05) is 0 Å². The van der Waals surface area contributed by atoms with Crippen molar-refractivity contribution < 1.29 is 0 Å². The van der Waals surface area contributed by atoms with Crippen molar-refractivity contribution in [1.29, 1.82) is 0 Å². The molecule has 0 aromatic rings. The van der Waals surface area contributed by atoms with Gasteiger partial charge < -0.3 is 0 Å². The monoisotopic (exact) mass is 288 g/mol. The average molecular weight is 289 g/mol. The van der Waals surface area contributed by atoms with Gasteiger partial charge in [0.25, 0.3) is 0 Å². The zero-order valence-corrected chi connectivity index (χ0v) is 15.6. The van der Waals surface area contributed by atoms with Crippen LogP contribution >= 0.6 is 0 Å². The molecule has 120 valence electrons. The zero-order valence-electron chi connectivity index (χ0n) is 15.6. The van der Waals surface area contributed by atoms with Gasteiger partial charge in [-0.25, -0.2) is 0 Å². The smallest absolute Gasteiger partial charge is 0.0132 e. The highest BCUT2D eigenvalue weighted by molar-refractivity contribution is 5.34. The molecule has 21 heavy (non-hydrogen) atoms. The summed E-state index contributed by atoms with van der Waals surface area (Å²) in [6, 6.07) is 0. The van der Waals surface area contributed by atoms with E-state index in [1.807, 2.05) is 0 Å². The quantitative estimate of drug-likeness (QED) is 0.346. The zero-order chi connectivity index (χ0) is 16.6. The Kier molecular flexibility index (Phi) is 8.63. The van der Waals surface area contributed by atoms with Crippen molar-refractivity contribution in [3.63, 3.8) is 0 Å². The molecule has 0 aliphatic carbocycles. The molecule has 0 aliphatic heterocycles. The minimum absolute atomic E-state index is 0.186. The van der Waals surface area contributed by atoms with E-state index in [0.29, 0.717) is 11.8 Å². The van der Waals surface area contributed by atoms with Crippen molar-refractivity contribution >= 4 is 0 Å². The molecule has 0 spiro atoms. The van der Waals surface area contributed by atoms with Crippen LogP contribution in [-0.2, 0) is 0 Å². The highest BCUT2D eigenvalue weighted by atomic mass is 14.2. The van der Waals surface area contributed by atoms with Gasteiger partial charge in [0.2, 0.25) is 0 Å². The molecule has 0 N–H and O–H groups in total. The van der Waals surface area contributed by atoms with Crippen LogP contribution in [0.4, 0.5) is 0 Å². The van der Waals surface area contributed by atoms with E-state index in [4.69, 9.17) is 0 Å². The second-order valence-electron chi connectivity index (χ2n) is 7.36. The van der Waals surface area contributed by atoms with E-state index in [-0.39, 0.29) is 5.41 Å².